The number of nitrogens with two attached hydrogens (primary N) is 1. The predicted molar refractivity (Wildman–Crippen MR) is 106 cm³/mol. The van der Waals surface area contributed by atoms with Crippen molar-refractivity contribution in [1.29, 1.82) is 0 Å². The van der Waals surface area contributed by atoms with Gasteiger partial charge in [-0.1, -0.05) is 29.3 Å². The molecular weight excluding hydrogens is 387 g/mol. The smallest absolute Gasteiger partial charge is 0.254 e. The van der Waals surface area contributed by atoms with Crippen molar-refractivity contribution in [1.82, 2.24) is 24.9 Å². The van der Waals surface area contributed by atoms with Gasteiger partial charge in [0.1, 0.15) is 0 Å². The number of anilines is 1. The number of fused-ring (bicyclic) bond motifs is 1. The van der Waals surface area contributed by atoms with E-state index >= 15 is 0 Å². The second-order valence-corrected chi connectivity index (χ2v) is 7.22. The minimum atomic E-state index is -0.176. The van der Waals surface area contributed by atoms with Crippen LogP contribution in [0, 0.1) is 13.8 Å². The minimum Gasteiger partial charge on any atom is -0.366 e. The van der Waals surface area contributed by atoms with Crippen molar-refractivity contribution in [2.75, 3.05) is 5.73 Å². The van der Waals surface area contributed by atoms with Gasteiger partial charge >= 0.3 is 0 Å². The molecular formula is C18H20Cl2N6O. The molecule has 1 aromatic carbocycles. The van der Waals surface area contributed by atoms with Crippen LogP contribution >= 0.6 is 23.2 Å². The van der Waals surface area contributed by atoms with Crippen LogP contribution in [0.15, 0.2) is 18.2 Å². The lowest BCUT2D eigenvalue weighted by Crippen LogP contribution is -2.27. The molecule has 3 aromatic rings. The molecule has 0 radical (unpaired) electrons. The highest BCUT2D eigenvalue weighted by molar-refractivity contribution is 6.42. The van der Waals surface area contributed by atoms with Gasteiger partial charge in [0.2, 0.25) is 11.9 Å². The van der Waals surface area contributed by atoms with Gasteiger partial charge < -0.3 is 11.1 Å². The topological polar surface area (TPSA) is 98.2 Å². The molecule has 0 fully saturated rings. The Kier molecular flexibility index (Phi) is 5.53. The maximum atomic E-state index is 12.4. The number of nitrogen functional groups attached to an aromatic ring is 1. The molecule has 0 spiro atoms. The molecule has 0 saturated heterocycles. The van der Waals surface area contributed by atoms with Crippen molar-refractivity contribution in [2.24, 2.45) is 0 Å². The quantitative estimate of drug-likeness (QED) is 0.675. The van der Waals surface area contributed by atoms with Gasteiger partial charge in [-0.3, -0.25) is 4.79 Å². The molecule has 1 atom stereocenters. The zero-order chi connectivity index (χ0) is 19.7. The number of benzene rings is 1. The molecule has 0 aliphatic heterocycles. The van der Waals surface area contributed by atoms with Crippen LogP contribution < -0.4 is 11.1 Å². The Bertz CT molecular complexity index is 1020. The van der Waals surface area contributed by atoms with E-state index in [0.717, 1.165) is 22.5 Å². The van der Waals surface area contributed by atoms with Crippen LogP contribution in [0.25, 0.3) is 5.78 Å². The summed E-state index contributed by atoms with van der Waals surface area (Å²) >= 11 is 12.0. The van der Waals surface area contributed by atoms with E-state index in [1.165, 1.54) is 0 Å². The number of rotatable bonds is 5. The highest BCUT2D eigenvalue weighted by Crippen LogP contribution is 2.25. The summed E-state index contributed by atoms with van der Waals surface area (Å²) < 4.78 is 1.61. The van der Waals surface area contributed by atoms with Crippen molar-refractivity contribution in [3.8, 4) is 0 Å². The average molecular weight is 407 g/mol. The number of halogens is 2. The van der Waals surface area contributed by atoms with Crippen molar-refractivity contribution >= 4 is 40.8 Å². The normalized spacial score (nSPS) is 12.3. The molecule has 0 unspecified atom stereocenters. The Morgan fingerprint density at radius 1 is 1.26 bits per heavy atom. The van der Waals surface area contributed by atoms with Gasteiger partial charge in [0.25, 0.3) is 5.78 Å². The highest BCUT2D eigenvalue weighted by Gasteiger charge is 2.15. The highest BCUT2D eigenvalue weighted by atomic mass is 35.5. The van der Waals surface area contributed by atoms with Crippen LogP contribution in [-0.4, -0.2) is 25.5 Å². The Morgan fingerprint density at radius 3 is 2.70 bits per heavy atom. The third kappa shape index (κ3) is 4.14. The molecule has 9 heteroatoms. The number of nitrogens with one attached hydrogen (secondary N) is 1. The monoisotopic (exact) mass is 406 g/mol. The number of nitrogens with zero attached hydrogens (tertiary/aromatic N) is 4. The standard InChI is InChI=1S/C18H20Cl2N6O/c1-9(12-4-6-14(19)15(20)8-12)22-16(27)7-5-13-10(2)23-18-24-17(21)25-26(18)11(13)3/h4,6,8-9H,5,7H2,1-3H3,(H2,21,25)(H,22,27)/t9-/m0/s1. The molecule has 3 rings (SSSR count). The number of aromatic nitrogens is 4. The molecule has 0 bridgehead atoms. The summed E-state index contributed by atoms with van der Waals surface area (Å²) in [5, 5.41) is 8.07. The van der Waals surface area contributed by atoms with Crippen LogP contribution in [0.5, 0.6) is 0 Å². The molecule has 1 amide bonds. The number of carbonyl (C=O) groups is 1. The van der Waals surface area contributed by atoms with Gasteiger partial charge in [-0.25, -0.2) is 4.98 Å². The van der Waals surface area contributed by atoms with Gasteiger partial charge in [-0.05, 0) is 50.5 Å². The fourth-order valence-corrected chi connectivity index (χ4v) is 3.31. The first kappa shape index (κ1) is 19.4. The number of aryl methyl sites for hydroxylation is 2. The van der Waals surface area contributed by atoms with Gasteiger partial charge in [-0.2, -0.15) is 9.50 Å². The fraction of sp³-hybridized carbons (Fsp3) is 0.333. The van der Waals surface area contributed by atoms with Crippen LogP contribution in [0.1, 0.15) is 41.9 Å². The minimum absolute atomic E-state index is 0.0643. The number of hydrogen-bond acceptors (Lipinski definition) is 5. The van der Waals surface area contributed by atoms with Crippen LogP contribution in [0.2, 0.25) is 10.0 Å². The molecule has 3 N–H and O–H groups in total. The second-order valence-electron chi connectivity index (χ2n) is 6.41. The van der Waals surface area contributed by atoms with E-state index in [4.69, 9.17) is 28.9 Å². The Hall–Kier alpha value is -2.38. The van der Waals surface area contributed by atoms with Crippen LogP contribution in [-0.2, 0) is 11.2 Å². The predicted octanol–water partition coefficient (Wildman–Crippen LogP) is 3.44. The van der Waals surface area contributed by atoms with Gasteiger partial charge in [0, 0.05) is 17.8 Å². The zero-order valence-corrected chi connectivity index (χ0v) is 16.8. The van der Waals surface area contributed by atoms with Gasteiger partial charge in [0.05, 0.1) is 16.1 Å². The Morgan fingerprint density at radius 2 is 2.00 bits per heavy atom. The third-order valence-electron chi connectivity index (χ3n) is 4.49. The summed E-state index contributed by atoms with van der Waals surface area (Å²) in [4.78, 5) is 20.9. The van der Waals surface area contributed by atoms with E-state index in [-0.39, 0.29) is 17.9 Å². The Balaban J connectivity index is 1.68. The van der Waals surface area contributed by atoms with Crippen LogP contribution in [0.4, 0.5) is 5.95 Å². The van der Waals surface area contributed by atoms with E-state index in [9.17, 15) is 4.79 Å². The van der Waals surface area contributed by atoms with Crippen molar-refractivity contribution in [3.63, 3.8) is 0 Å². The lowest BCUT2D eigenvalue weighted by atomic mass is 10.1. The molecule has 0 aliphatic rings. The van der Waals surface area contributed by atoms with Crippen molar-refractivity contribution in [2.45, 2.75) is 39.7 Å². The average Bonchev–Trinajstić information content (AvgIpc) is 2.97. The molecule has 0 saturated carbocycles. The first-order valence-corrected chi connectivity index (χ1v) is 9.24. The molecule has 0 aliphatic carbocycles. The summed E-state index contributed by atoms with van der Waals surface area (Å²) in [6.45, 7) is 5.71. The molecule has 27 heavy (non-hydrogen) atoms. The van der Waals surface area contributed by atoms with E-state index in [2.05, 4.69) is 20.4 Å². The number of carbonyl (C=O) groups excluding carboxylic acids is 1. The zero-order valence-electron chi connectivity index (χ0n) is 15.3. The maximum Gasteiger partial charge on any atom is 0.254 e. The van der Waals surface area contributed by atoms with E-state index in [0.29, 0.717) is 28.7 Å². The third-order valence-corrected chi connectivity index (χ3v) is 5.23. The lowest BCUT2D eigenvalue weighted by molar-refractivity contribution is -0.121. The first-order valence-electron chi connectivity index (χ1n) is 8.49. The second kappa shape index (κ2) is 7.70. The van der Waals surface area contributed by atoms with Gasteiger partial charge in [0.15, 0.2) is 0 Å². The van der Waals surface area contributed by atoms with E-state index < -0.39 is 0 Å². The largest absolute Gasteiger partial charge is 0.366 e. The Labute approximate surface area is 166 Å². The van der Waals surface area contributed by atoms with Crippen molar-refractivity contribution in [3.05, 3.63) is 50.8 Å². The fourth-order valence-electron chi connectivity index (χ4n) is 3.00. The number of amides is 1. The summed E-state index contributed by atoms with van der Waals surface area (Å²) in [7, 11) is 0. The first-order chi connectivity index (χ1) is 12.8. The molecule has 142 valence electrons. The summed E-state index contributed by atoms with van der Waals surface area (Å²) in [6.07, 6.45) is 0.866. The van der Waals surface area contributed by atoms with E-state index in [1.54, 1.807) is 16.6 Å². The summed E-state index contributed by atoms with van der Waals surface area (Å²) in [5.74, 6) is 0.574. The molecule has 7 nitrogen and oxygen atoms in total. The molecule has 2 aromatic heterocycles. The lowest BCUT2D eigenvalue weighted by Gasteiger charge is -2.16. The van der Waals surface area contributed by atoms with Crippen LogP contribution in [0.3, 0.4) is 0 Å². The summed E-state index contributed by atoms with van der Waals surface area (Å²) in [5.41, 5.74) is 9.20. The maximum absolute atomic E-state index is 12.4. The summed E-state index contributed by atoms with van der Waals surface area (Å²) in [6, 6.07) is 5.15. The SMILES string of the molecule is Cc1nc2nc(N)nn2c(C)c1CCC(=O)N[C@@H](C)c1ccc(Cl)c(Cl)c1. The van der Waals surface area contributed by atoms with E-state index in [1.807, 2.05) is 26.8 Å². The van der Waals surface area contributed by atoms with Gasteiger partial charge in [-0.15, -0.1) is 5.10 Å². The van der Waals surface area contributed by atoms with Crippen molar-refractivity contribution < 1.29 is 4.79 Å². The number of hydrogen-bond donors (Lipinski definition) is 2. The molecule has 2 heterocycles.